The van der Waals surface area contributed by atoms with Gasteiger partial charge in [-0.15, -0.1) is 6.42 Å². The number of nitrogens with zero attached hydrogens (tertiary/aromatic N) is 2. The summed E-state index contributed by atoms with van der Waals surface area (Å²) in [6.07, 6.45) is 7.81. The molecule has 0 radical (unpaired) electrons. The van der Waals surface area contributed by atoms with Crippen molar-refractivity contribution >= 4 is 21.7 Å². The van der Waals surface area contributed by atoms with Crippen molar-refractivity contribution in [3.63, 3.8) is 0 Å². The first-order valence-corrected chi connectivity index (χ1v) is 7.47. The zero-order valence-corrected chi connectivity index (χ0v) is 12.9. The Labute approximate surface area is 127 Å². The predicted octanol–water partition coefficient (Wildman–Crippen LogP) is 3.71. The van der Waals surface area contributed by atoms with Gasteiger partial charge in [-0.1, -0.05) is 27.9 Å². The Hall–Kier alpha value is -1.73. The first kappa shape index (κ1) is 13.3. The van der Waals surface area contributed by atoms with Crippen molar-refractivity contribution in [3.05, 3.63) is 34.1 Å². The van der Waals surface area contributed by atoms with Gasteiger partial charge < -0.3 is 10.3 Å². The van der Waals surface area contributed by atoms with Crippen LogP contribution in [0.25, 0.3) is 11.3 Å². The van der Waals surface area contributed by atoms with Gasteiger partial charge in [0.2, 0.25) is 0 Å². The molecule has 3 nitrogen and oxygen atoms in total. The number of aromatic nitrogens is 2. The normalized spacial score (nSPS) is 14.2. The van der Waals surface area contributed by atoms with Gasteiger partial charge in [0, 0.05) is 16.0 Å². The van der Waals surface area contributed by atoms with Crippen molar-refractivity contribution in [1.29, 1.82) is 0 Å². The average molecular weight is 330 g/mol. The second-order valence-corrected chi connectivity index (χ2v) is 6.09. The highest BCUT2D eigenvalue weighted by Crippen LogP contribution is 2.42. The molecule has 0 aliphatic heterocycles. The lowest BCUT2D eigenvalue weighted by Crippen LogP contribution is -2.05. The van der Waals surface area contributed by atoms with E-state index < -0.39 is 0 Å². The van der Waals surface area contributed by atoms with Gasteiger partial charge in [0.1, 0.15) is 17.3 Å². The van der Waals surface area contributed by atoms with E-state index in [1.165, 1.54) is 18.4 Å². The number of imidazole rings is 1. The quantitative estimate of drug-likeness (QED) is 0.872. The molecular formula is C16H16BrN3. The van der Waals surface area contributed by atoms with Crippen LogP contribution in [0, 0.1) is 19.3 Å². The number of hydrogen-bond acceptors (Lipinski definition) is 2. The van der Waals surface area contributed by atoms with E-state index >= 15 is 0 Å². The van der Waals surface area contributed by atoms with E-state index in [0.29, 0.717) is 18.3 Å². The monoisotopic (exact) mass is 329 g/mol. The Kier molecular flexibility index (Phi) is 3.31. The molecule has 1 aromatic heterocycles. The Morgan fingerprint density at radius 2 is 2.25 bits per heavy atom. The molecule has 0 amide bonds. The summed E-state index contributed by atoms with van der Waals surface area (Å²) in [6.45, 7) is 2.55. The summed E-state index contributed by atoms with van der Waals surface area (Å²) in [6, 6.07) is 6.16. The van der Waals surface area contributed by atoms with E-state index in [9.17, 15) is 0 Å². The topological polar surface area (TPSA) is 43.8 Å². The molecule has 1 aliphatic rings. The SMILES string of the molecule is C#CCn1c(C2CC2)nc(-c2ccc(Br)c(C)c2)c1N. The maximum atomic E-state index is 6.27. The molecule has 2 aromatic rings. The molecule has 2 N–H and O–H groups in total. The summed E-state index contributed by atoms with van der Waals surface area (Å²) in [5.74, 6) is 4.90. The van der Waals surface area contributed by atoms with Crippen LogP contribution in [0.2, 0.25) is 0 Å². The van der Waals surface area contributed by atoms with Gasteiger partial charge in [-0.3, -0.25) is 0 Å². The van der Waals surface area contributed by atoms with Gasteiger partial charge in [0.25, 0.3) is 0 Å². The first-order chi connectivity index (χ1) is 9.61. The van der Waals surface area contributed by atoms with E-state index in [1.807, 2.05) is 16.7 Å². The van der Waals surface area contributed by atoms with Crippen molar-refractivity contribution in [2.45, 2.75) is 32.2 Å². The van der Waals surface area contributed by atoms with Crippen LogP contribution in [-0.4, -0.2) is 9.55 Å². The predicted molar refractivity (Wildman–Crippen MR) is 85.3 cm³/mol. The second-order valence-electron chi connectivity index (χ2n) is 5.23. The lowest BCUT2D eigenvalue weighted by atomic mass is 10.1. The molecule has 0 unspecified atom stereocenters. The van der Waals surface area contributed by atoms with Gasteiger partial charge in [0.05, 0.1) is 6.54 Å². The van der Waals surface area contributed by atoms with Crippen LogP contribution < -0.4 is 5.73 Å². The fraction of sp³-hybridized carbons (Fsp3) is 0.312. The molecule has 20 heavy (non-hydrogen) atoms. The van der Waals surface area contributed by atoms with Crippen molar-refractivity contribution in [2.24, 2.45) is 0 Å². The van der Waals surface area contributed by atoms with Gasteiger partial charge in [-0.05, 0) is 37.5 Å². The molecule has 1 saturated carbocycles. The van der Waals surface area contributed by atoms with Crippen LogP contribution in [-0.2, 0) is 6.54 Å². The minimum Gasteiger partial charge on any atom is -0.383 e. The molecular weight excluding hydrogens is 314 g/mol. The molecule has 0 spiro atoms. The number of nitrogen functional groups attached to an aromatic ring is 1. The molecule has 1 aliphatic carbocycles. The minimum atomic E-state index is 0.486. The van der Waals surface area contributed by atoms with Crippen molar-refractivity contribution in [1.82, 2.24) is 9.55 Å². The van der Waals surface area contributed by atoms with Crippen LogP contribution in [0.15, 0.2) is 22.7 Å². The average Bonchev–Trinajstić information content (AvgIpc) is 3.21. The molecule has 4 heteroatoms. The third kappa shape index (κ3) is 2.23. The van der Waals surface area contributed by atoms with Crippen molar-refractivity contribution < 1.29 is 0 Å². The van der Waals surface area contributed by atoms with Gasteiger partial charge in [-0.25, -0.2) is 4.98 Å². The summed E-state index contributed by atoms with van der Waals surface area (Å²) in [5.41, 5.74) is 9.32. The Bertz CT molecular complexity index is 705. The molecule has 1 aromatic carbocycles. The van der Waals surface area contributed by atoms with Gasteiger partial charge in [0.15, 0.2) is 0 Å². The number of halogens is 1. The van der Waals surface area contributed by atoms with Gasteiger partial charge in [-0.2, -0.15) is 0 Å². The van der Waals surface area contributed by atoms with Crippen molar-refractivity contribution in [3.8, 4) is 23.6 Å². The molecule has 0 saturated heterocycles. The minimum absolute atomic E-state index is 0.486. The molecule has 102 valence electrons. The van der Waals surface area contributed by atoms with E-state index in [2.05, 4.69) is 34.8 Å². The van der Waals surface area contributed by atoms with Crippen LogP contribution in [0.1, 0.15) is 30.1 Å². The van der Waals surface area contributed by atoms with Crippen molar-refractivity contribution in [2.75, 3.05) is 5.73 Å². The summed E-state index contributed by atoms with van der Waals surface area (Å²) < 4.78 is 3.06. The summed E-state index contributed by atoms with van der Waals surface area (Å²) >= 11 is 3.51. The lowest BCUT2D eigenvalue weighted by molar-refractivity contribution is 0.762. The molecule has 0 bridgehead atoms. The summed E-state index contributed by atoms with van der Waals surface area (Å²) in [7, 11) is 0. The third-order valence-corrected chi connectivity index (χ3v) is 4.55. The zero-order chi connectivity index (χ0) is 14.3. The van der Waals surface area contributed by atoms with Crippen LogP contribution in [0.4, 0.5) is 5.82 Å². The highest BCUT2D eigenvalue weighted by atomic mass is 79.9. The van der Waals surface area contributed by atoms with E-state index in [4.69, 9.17) is 17.1 Å². The Morgan fingerprint density at radius 1 is 1.50 bits per heavy atom. The first-order valence-electron chi connectivity index (χ1n) is 6.67. The largest absolute Gasteiger partial charge is 0.383 e. The van der Waals surface area contributed by atoms with Gasteiger partial charge >= 0.3 is 0 Å². The fourth-order valence-electron chi connectivity index (χ4n) is 2.40. The number of hydrogen-bond donors (Lipinski definition) is 1. The number of anilines is 1. The zero-order valence-electron chi connectivity index (χ0n) is 11.4. The van der Waals surface area contributed by atoms with E-state index in [-0.39, 0.29) is 0 Å². The maximum absolute atomic E-state index is 6.27. The highest BCUT2D eigenvalue weighted by molar-refractivity contribution is 9.10. The number of nitrogens with two attached hydrogens (primary N) is 1. The summed E-state index contributed by atoms with van der Waals surface area (Å²) in [4.78, 5) is 4.76. The Morgan fingerprint density at radius 3 is 2.85 bits per heavy atom. The van der Waals surface area contributed by atoms with Crippen LogP contribution >= 0.6 is 15.9 Å². The lowest BCUT2D eigenvalue weighted by Gasteiger charge is -2.05. The van der Waals surface area contributed by atoms with E-state index in [0.717, 1.165) is 21.6 Å². The molecule has 3 rings (SSSR count). The summed E-state index contributed by atoms with van der Waals surface area (Å²) in [5, 5.41) is 0. The van der Waals surface area contributed by atoms with Crippen LogP contribution in [0.5, 0.6) is 0 Å². The molecule has 0 atom stereocenters. The molecule has 1 heterocycles. The molecule has 1 fully saturated rings. The maximum Gasteiger partial charge on any atom is 0.132 e. The van der Waals surface area contributed by atoms with E-state index in [1.54, 1.807) is 0 Å². The number of benzene rings is 1. The Balaban J connectivity index is 2.11. The standard InChI is InChI=1S/C16H16BrN3/c1-3-8-20-15(18)14(19-16(20)11-4-5-11)12-6-7-13(17)10(2)9-12/h1,6-7,9,11H,4-5,8,18H2,2H3. The number of terminal acetylenes is 1. The highest BCUT2D eigenvalue weighted by Gasteiger charge is 2.30. The van der Waals surface area contributed by atoms with Crippen LogP contribution in [0.3, 0.4) is 0 Å². The smallest absolute Gasteiger partial charge is 0.132 e. The fourth-order valence-corrected chi connectivity index (χ4v) is 2.65. The number of rotatable bonds is 3. The second kappa shape index (κ2) is 4.99. The third-order valence-electron chi connectivity index (χ3n) is 3.66. The number of aryl methyl sites for hydroxylation is 1.